The maximum atomic E-state index is 10.1. The molecule has 1 aliphatic rings. The summed E-state index contributed by atoms with van der Waals surface area (Å²) in [5.74, 6) is 0.806. The van der Waals surface area contributed by atoms with E-state index in [0.717, 1.165) is 24.3 Å². The van der Waals surface area contributed by atoms with E-state index < -0.39 is 5.60 Å². The predicted octanol–water partition coefficient (Wildman–Crippen LogP) is 0.250. The number of nitrogens with one attached hydrogen (secondary N) is 1. The second-order valence-corrected chi connectivity index (χ2v) is 3.74. The number of aliphatic hydroxyl groups is 1. The van der Waals surface area contributed by atoms with Crippen LogP contribution in [0.4, 0.5) is 0 Å². The van der Waals surface area contributed by atoms with E-state index in [4.69, 9.17) is 4.52 Å². The predicted molar refractivity (Wildman–Crippen MR) is 47.4 cm³/mol. The van der Waals surface area contributed by atoms with E-state index in [-0.39, 0.29) is 0 Å². The molecule has 0 aliphatic carbocycles. The molecule has 0 amide bonds. The van der Waals surface area contributed by atoms with E-state index >= 15 is 0 Å². The van der Waals surface area contributed by atoms with Gasteiger partial charge in [0.15, 0.2) is 0 Å². The molecule has 2 rings (SSSR count). The summed E-state index contributed by atoms with van der Waals surface area (Å²) < 4.78 is 4.94. The standard InChI is InChI=1S/C9H14N2O2/c1-7-8(5-11-13-7)4-9(12)2-3-10-6-9/h5,10,12H,2-4,6H2,1H3. The number of hydrogen-bond donors (Lipinski definition) is 2. The molecule has 2 N–H and O–H groups in total. The van der Waals surface area contributed by atoms with Crippen LogP contribution in [0.25, 0.3) is 0 Å². The lowest BCUT2D eigenvalue weighted by atomic mass is 9.94. The first-order valence-corrected chi connectivity index (χ1v) is 4.53. The second kappa shape index (κ2) is 3.12. The number of aromatic nitrogens is 1. The minimum Gasteiger partial charge on any atom is -0.388 e. The van der Waals surface area contributed by atoms with Crippen molar-refractivity contribution in [1.82, 2.24) is 10.5 Å². The van der Waals surface area contributed by atoms with Crippen molar-refractivity contribution in [3.8, 4) is 0 Å². The monoisotopic (exact) mass is 182 g/mol. The van der Waals surface area contributed by atoms with Gasteiger partial charge in [-0.25, -0.2) is 0 Å². The lowest BCUT2D eigenvalue weighted by molar-refractivity contribution is 0.0615. The van der Waals surface area contributed by atoms with Gasteiger partial charge in [-0.1, -0.05) is 5.16 Å². The second-order valence-electron chi connectivity index (χ2n) is 3.74. The third-order valence-electron chi connectivity index (χ3n) is 2.59. The molecule has 1 aromatic heterocycles. The summed E-state index contributed by atoms with van der Waals surface area (Å²) in [6, 6.07) is 0. The number of rotatable bonds is 2. The van der Waals surface area contributed by atoms with Gasteiger partial charge in [0.2, 0.25) is 0 Å². The maximum Gasteiger partial charge on any atom is 0.136 e. The Balaban J connectivity index is 2.09. The van der Waals surface area contributed by atoms with Gasteiger partial charge in [0.25, 0.3) is 0 Å². The van der Waals surface area contributed by atoms with Crippen LogP contribution in [0.1, 0.15) is 17.7 Å². The minimum absolute atomic E-state index is 0.601. The highest BCUT2D eigenvalue weighted by atomic mass is 16.5. The molecule has 0 spiro atoms. The summed E-state index contributed by atoms with van der Waals surface area (Å²) in [6.07, 6.45) is 3.12. The molecular formula is C9H14N2O2. The highest BCUT2D eigenvalue weighted by molar-refractivity contribution is 5.15. The van der Waals surface area contributed by atoms with Gasteiger partial charge in [0, 0.05) is 18.5 Å². The molecule has 0 radical (unpaired) electrons. The van der Waals surface area contributed by atoms with Crippen LogP contribution in [0, 0.1) is 6.92 Å². The summed E-state index contributed by atoms with van der Waals surface area (Å²) in [4.78, 5) is 0. The smallest absolute Gasteiger partial charge is 0.136 e. The quantitative estimate of drug-likeness (QED) is 0.688. The maximum absolute atomic E-state index is 10.1. The van der Waals surface area contributed by atoms with Crippen LogP contribution in [-0.2, 0) is 6.42 Å². The van der Waals surface area contributed by atoms with Crippen molar-refractivity contribution < 1.29 is 9.63 Å². The lowest BCUT2D eigenvalue weighted by Crippen LogP contribution is -2.33. The summed E-state index contributed by atoms with van der Waals surface area (Å²) in [7, 11) is 0. The summed E-state index contributed by atoms with van der Waals surface area (Å²) >= 11 is 0. The number of hydrogen-bond acceptors (Lipinski definition) is 4. The molecule has 0 bridgehead atoms. The van der Waals surface area contributed by atoms with Crippen molar-refractivity contribution in [3.63, 3.8) is 0 Å². The normalized spacial score (nSPS) is 28.2. The SMILES string of the molecule is Cc1oncc1CC1(O)CCNC1. The van der Waals surface area contributed by atoms with Crippen LogP contribution < -0.4 is 5.32 Å². The molecule has 1 aliphatic heterocycles. The number of β-amino-alcohol motifs (C(OH)–C–C–N with tert-alkyl or cyclic N) is 1. The molecular weight excluding hydrogens is 168 g/mol. The van der Waals surface area contributed by atoms with Gasteiger partial charge >= 0.3 is 0 Å². The molecule has 13 heavy (non-hydrogen) atoms. The van der Waals surface area contributed by atoms with Crippen molar-refractivity contribution in [3.05, 3.63) is 17.5 Å². The third kappa shape index (κ3) is 1.73. The highest BCUT2D eigenvalue weighted by Crippen LogP contribution is 2.21. The third-order valence-corrected chi connectivity index (χ3v) is 2.59. The molecule has 1 atom stereocenters. The van der Waals surface area contributed by atoms with Gasteiger partial charge in [-0.3, -0.25) is 0 Å². The molecule has 4 nitrogen and oxygen atoms in total. The van der Waals surface area contributed by atoms with Crippen molar-refractivity contribution in [2.75, 3.05) is 13.1 Å². The molecule has 72 valence electrons. The number of aryl methyl sites for hydroxylation is 1. The summed E-state index contributed by atoms with van der Waals surface area (Å²) in [5.41, 5.74) is 0.405. The van der Waals surface area contributed by atoms with Gasteiger partial charge in [0.05, 0.1) is 11.8 Å². The Morgan fingerprint density at radius 1 is 1.77 bits per heavy atom. The van der Waals surface area contributed by atoms with Gasteiger partial charge < -0.3 is 14.9 Å². The summed E-state index contributed by atoms with van der Waals surface area (Å²) in [5, 5.41) is 16.9. The Bertz CT molecular complexity index is 290. The molecule has 2 heterocycles. The first-order chi connectivity index (χ1) is 6.20. The lowest BCUT2D eigenvalue weighted by Gasteiger charge is -2.19. The fraction of sp³-hybridized carbons (Fsp3) is 0.667. The molecule has 4 heteroatoms. The Hall–Kier alpha value is -0.870. The van der Waals surface area contributed by atoms with Crippen molar-refractivity contribution in [2.45, 2.75) is 25.4 Å². The Morgan fingerprint density at radius 3 is 3.15 bits per heavy atom. The van der Waals surface area contributed by atoms with E-state index in [0.29, 0.717) is 13.0 Å². The molecule has 0 saturated carbocycles. The molecule has 1 fully saturated rings. The van der Waals surface area contributed by atoms with Gasteiger partial charge in [0.1, 0.15) is 5.76 Å². The fourth-order valence-corrected chi connectivity index (χ4v) is 1.72. The van der Waals surface area contributed by atoms with Gasteiger partial charge in [-0.05, 0) is 19.9 Å². The first-order valence-electron chi connectivity index (χ1n) is 4.53. The van der Waals surface area contributed by atoms with E-state index in [1.54, 1.807) is 6.20 Å². The average molecular weight is 182 g/mol. The molecule has 0 aromatic carbocycles. The van der Waals surface area contributed by atoms with Crippen molar-refractivity contribution in [2.24, 2.45) is 0 Å². The minimum atomic E-state index is -0.601. The van der Waals surface area contributed by atoms with Crippen LogP contribution in [-0.4, -0.2) is 29.0 Å². The Morgan fingerprint density at radius 2 is 2.62 bits per heavy atom. The largest absolute Gasteiger partial charge is 0.388 e. The van der Waals surface area contributed by atoms with E-state index in [9.17, 15) is 5.11 Å². The average Bonchev–Trinajstić information content (AvgIpc) is 2.64. The zero-order valence-electron chi connectivity index (χ0n) is 7.71. The van der Waals surface area contributed by atoms with Crippen LogP contribution in [0.2, 0.25) is 0 Å². The van der Waals surface area contributed by atoms with Gasteiger partial charge in [-0.15, -0.1) is 0 Å². The summed E-state index contributed by atoms with van der Waals surface area (Å²) in [6.45, 7) is 3.42. The fourth-order valence-electron chi connectivity index (χ4n) is 1.72. The van der Waals surface area contributed by atoms with E-state index in [2.05, 4.69) is 10.5 Å². The molecule has 1 unspecified atom stereocenters. The number of nitrogens with zero attached hydrogens (tertiary/aromatic N) is 1. The first kappa shape index (κ1) is 8.72. The van der Waals surface area contributed by atoms with Gasteiger partial charge in [-0.2, -0.15) is 0 Å². The van der Waals surface area contributed by atoms with Crippen molar-refractivity contribution in [1.29, 1.82) is 0 Å². The van der Waals surface area contributed by atoms with Crippen molar-refractivity contribution >= 4 is 0 Å². The molecule has 1 aromatic rings. The van der Waals surface area contributed by atoms with E-state index in [1.165, 1.54) is 0 Å². The van der Waals surface area contributed by atoms with Crippen LogP contribution in [0.5, 0.6) is 0 Å². The van der Waals surface area contributed by atoms with E-state index in [1.807, 2.05) is 6.92 Å². The zero-order chi connectivity index (χ0) is 9.31. The Kier molecular flexibility index (Phi) is 2.09. The zero-order valence-corrected chi connectivity index (χ0v) is 7.71. The Labute approximate surface area is 76.9 Å². The van der Waals surface area contributed by atoms with Crippen LogP contribution in [0.3, 0.4) is 0 Å². The van der Waals surface area contributed by atoms with Crippen LogP contribution in [0.15, 0.2) is 10.7 Å². The van der Waals surface area contributed by atoms with Crippen LogP contribution >= 0.6 is 0 Å². The topological polar surface area (TPSA) is 58.3 Å². The molecule has 1 saturated heterocycles. The highest BCUT2D eigenvalue weighted by Gasteiger charge is 2.32.